The van der Waals surface area contributed by atoms with E-state index in [-0.39, 0.29) is 0 Å². The average molecular weight is 160 g/mol. The fourth-order valence-corrected chi connectivity index (χ4v) is 1.97. The number of hydrogen-bond acceptors (Lipinski definition) is 1. The highest BCUT2D eigenvalue weighted by Gasteiger charge is 1.99. The Balaban J connectivity index is 3.01. The summed E-state index contributed by atoms with van der Waals surface area (Å²) < 4.78 is 0. The molecule has 2 heteroatoms. The lowest BCUT2D eigenvalue weighted by atomic mass is 10.3. The maximum absolute atomic E-state index is 5.62. The molecule has 0 N–H and O–H groups in total. The van der Waals surface area contributed by atoms with Crippen molar-refractivity contribution in [3.63, 3.8) is 0 Å². The molecule has 9 heavy (non-hydrogen) atoms. The van der Waals surface area contributed by atoms with E-state index >= 15 is 0 Å². The molecule has 0 atom stereocenters. The summed E-state index contributed by atoms with van der Waals surface area (Å²) in [6, 6.07) is 3.18. The molecule has 0 aliphatic rings. The van der Waals surface area contributed by atoms with Gasteiger partial charge in [-0.3, -0.25) is 0 Å². The molecule has 0 bridgehead atoms. The molecule has 0 aliphatic carbocycles. The quantitative estimate of drug-likeness (QED) is 0.553. The van der Waals surface area contributed by atoms with Gasteiger partial charge in [-0.05, 0) is 19.4 Å². The minimum absolute atomic E-state index is 0.593. The highest BCUT2D eigenvalue weighted by molar-refractivity contribution is 7.12. The summed E-state index contributed by atoms with van der Waals surface area (Å²) in [5.41, 5.74) is 1.15. The van der Waals surface area contributed by atoms with E-state index in [1.54, 1.807) is 11.3 Å². The van der Waals surface area contributed by atoms with Crippen molar-refractivity contribution in [1.82, 2.24) is 0 Å². The van der Waals surface area contributed by atoms with E-state index in [0.717, 1.165) is 5.56 Å². The van der Waals surface area contributed by atoms with Crippen LogP contribution in [-0.4, -0.2) is 0 Å². The van der Waals surface area contributed by atoms with Crippen LogP contribution in [0.2, 0.25) is 0 Å². The number of rotatable bonds is 1. The molecule has 0 saturated heterocycles. The van der Waals surface area contributed by atoms with Crippen LogP contribution in [0.15, 0.2) is 0 Å². The van der Waals surface area contributed by atoms with Crippen molar-refractivity contribution in [2.45, 2.75) is 19.7 Å². The summed E-state index contributed by atoms with van der Waals surface area (Å²) in [7, 11) is 0. The zero-order valence-electron chi connectivity index (χ0n) is 5.49. The highest BCUT2D eigenvalue weighted by atomic mass is 35.5. The predicted octanol–water partition coefficient (Wildman–Crippen LogP) is 2.90. The summed E-state index contributed by atoms with van der Waals surface area (Å²) in [5, 5.41) is 0. The first-order chi connectivity index (χ1) is 4.24. The van der Waals surface area contributed by atoms with Crippen molar-refractivity contribution >= 4 is 22.9 Å². The number of hydrogen-bond donors (Lipinski definition) is 0. The van der Waals surface area contributed by atoms with Gasteiger partial charge in [0.1, 0.15) is 0 Å². The first-order valence-corrected chi connectivity index (χ1v) is 4.13. The van der Waals surface area contributed by atoms with E-state index in [9.17, 15) is 0 Å². The molecular formula is C7H8ClS. The number of alkyl halides is 1. The second-order valence-corrected chi connectivity index (χ2v) is 3.65. The van der Waals surface area contributed by atoms with Gasteiger partial charge in [0.15, 0.2) is 0 Å². The molecule has 0 aliphatic heterocycles. The Labute approximate surface area is 64.5 Å². The van der Waals surface area contributed by atoms with Crippen LogP contribution in [0.3, 0.4) is 0 Å². The van der Waals surface area contributed by atoms with E-state index in [2.05, 4.69) is 13.0 Å². The van der Waals surface area contributed by atoms with Gasteiger partial charge in [-0.1, -0.05) is 0 Å². The Morgan fingerprint density at radius 3 is 2.44 bits per heavy atom. The molecule has 0 amide bonds. The first-order valence-electron chi connectivity index (χ1n) is 2.78. The second-order valence-electron chi connectivity index (χ2n) is 1.95. The van der Waals surface area contributed by atoms with Crippen LogP contribution in [0, 0.1) is 19.9 Å². The normalized spacial score (nSPS) is 10.1. The Morgan fingerprint density at radius 1 is 1.56 bits per heavy atom. The highest BCUT2D eigenvalue weighted by Crippen LogP contribution is 2.20. The molecule has 1 heterocycles. The Hall–Kier alpha value is -0.0100. The van der Waals surface area contributed by atoms with Crippen LogP contribution in [0.25, 0.3) is 0 Å². The third-order valence-electron chi connectivity index (χ3n) is 1.19. The van der Waals surface area contributed by atoms with Crippen molar-refractivity contribution in [3.05, 3.63) is 21.4 Å². The molecule has 0 fully saturated rings. The summed E-state index contributed by atoms with van der Waals surface area (Å²) in [6.07, 6.45) is 0. The van der Waals surface area contributed by atoms with E-state index < -0.39 is 0 Å². The van der Waals surface area contributed by atoms with E-state index in [0.29, 0.717) is 5.88 Å². The smallest absolute Gasteiger partial charge is 0.0491 e. The lowest BCUT2D eigenvalue weighted by molar-refractivity contribution is 1.36. The van der Waals surface area contributed by atoms with Gasteiger partial charge < -0.3 is 0 Å². The van der Waals surface area contributed by atoms with Crippen molar-refractivity contribution in [1.29, 1.82) is 0 Å². The lowest BCUT2D eigenvalue weighted by Gasteiger charge is -1.85. The van der Waals surface area contributed by atoms with Crippen LogP contribution < -0.4 is 0 Å². The largest absolute Gasteiger partial charge is 0.145 e. The fourth-order valence-electron chi connectivity index (χ4n) is 0.745. The molecule has 0 nitrogen and oxygen atoms in total. The molecule has 0 unspecified atom stereocenters. The van der Waals surface area contributed by atoms with Crippen LogP contribution >= 0.6 is 22.9 Å². The molecule has 0 spiro atoms. The average Bonchev–Trinajstić information content (AvgIpc) is 2.10. The van der Waals surface area contributed by atoms with Crippen molar-refractivity contribution < 1.29 is 0 Å². The van der Waals surface area contributed by atoms with Crippen LogP contribution in [0.4, 0.5) is 0 Å². The summed E-state index contributed by atoms with van der Waals surface area (Å²) in [6.45, 7) is 4.12. The van der Waals surface area contributed by atoms with Crippen molar-refractivity contribution in [2.24, 2.45) is 0 Å². The molecule has 1 aromatic rings. The SMILES string of the molecule is Cc1[c]c(CCl)c(C)s1. The lowest BCUT2D eigenvalue weighted by Crippen LogP contribution is -1.72. The fraction of sp³-hybridized carbons (Fsp3) is 0.429. The van der Waals surface area contributed by atoms with Gasteiger partial charge in [0, 0.05) is 21.7 Å². The van der Waals surface area contributed by atoms with Gasteiger partial charge in [0.05, 0.1) is 0 Å². The van der Waals surface area contributed by atoms with Gasteiger partial charge in [-0.2, -0.15) is 0 Å². The van der Waals surface area contributed by atoms with Gasteiger partial charge in [0.2, 0.25) is 0 Å². The van der Waals surface area contributed by atoms with Gasteiger partial charge >= 0.3 is 0 Å². The van der Waals surface area contributed by atoms with E-state index in [4.69, 9.17) is 11.6 Å². The zero-order chi connectivity index (χ0) is 6.85. The molecule has 1 rings (SSSR count). The minimum Gasteiger partial charge on any atom is -0.145 e. The number of halogens is 1. The van der Waals surface area contributed by atoms with E-state index in [1.165, 1.54) is 9.75 Å². The Bertz CT molecular complexity index is 203. The van der Waals surface area contributed by atoms with Gasteiger partial charge in [0.25, 0.3) is 0 Å². The molecular weight excluding hydrogens is 152 g/mol. The molecule has 0 saturated carbocycles. The molecule has 1 radical (unpaired) electrons. The molecule has 49 valence electrons. The third-order valence-corrected chi connectivity index (χ3v) is 2.42. The Morgan fingerprint density at radius 2 is 2.22 bits per heavy atom. The van der Waals surface area contributed by atoms with Gasteiger partial charge in [-0.15, -0.1) is 22.9 Å². The van der Waals surface area contributed by atoms with Crippen LogP contribution in [0.1, 0.15) is 15.3 Å². The number of aryl methyl sites for hydroxylation is 2. The molecule has 0 aromatic carbocycles. The van der Waals surface area contributed by atoms with Gasteiger partial charge in [-0.25, -0.2) is 0 Å². The van der Waals surface area contributed by atoms with E-state index in [1.807, 2.05) is 6.92 Å². The minimum atomic E-state index is 0.593. The Kier molecular flexibility index (Phi) is 2.14. The first kappa shape index (κ1) is 7.10. The molecule has 1 aromatic heterocycles. The number of thiophene rings is 1. The van der Waals surface area contributed by atoms with Crippen LogP contribution in [-0.2, 0) is 5.88 Å². The topological polar surface area (TPSA) is 0 Å². The summed E-state index contributed by atoms with van der Waals surface area (Å²) in [5.74, 6) is 0.593. The maximum atomic E-state index is 5.62. The zero-order valence-corrected chi connectivity index (χ0v) is 7.07. The second kappa shape index (κ2) is 2.72. The standard InChI is InChI=1S/C7H8ClS/c1-5-3-7(4-8)6(2)9-5/h4H2,1-2H3. The maximum Gasteiger partial charge on any atom is 0.0491 e. The summed E-state index contributed by atoms with van der Waals surface area (Å²) in [4.78, 5) is 2.52. The third kappa shape index (κ3) is 1.46. The monoisotopic (exact) mass is 159 g/mol. The van der Waals surface area contributed by atoms with Crippen LogP contribution in [0.5, 0.6) is 0 Å². The van der Waals surface area contributed by atoms with Crippen molar-refractivity contribution in [2.75, 3.05) is 0 Å². The van der Waals surface area contributed by atoms with Crippen molar-refractivity contribution in [3.8, 4) is 0 Å². The summed E-state index contributed by atoms with van der Waals surface area (Å²) >= 11 is 7.37. The predicted molar refractivity (Wildman–Crippen MR) is 42.2 cm³/mol.